The number of nitrogens with one attached hydrogen (secondary N) is 1. The molecule has 0 aliphatic heterocycles. The smallest absolute Gasteiger partial charge is 0.226 e. The molecule has 0 unspecified atom stereocenters. The lowest BCUT2D eigenvalue weighted by Crippen LogP contribution is -2.35. The summed E-state index contributed by atoms with van der Waals surface area (Å²) in [5.41, 5.74) is 0.668. The molecule has 0 saturated carbocycles. The molecule has 0 spiro atoms. The lowest BCUT2D eigenvalue weighted by Gasteiger charge is -2.21. The molecule has 27 heavy (non-hydrogen) atoms. The van der Waals surface area contributed by atoms with Gasteiger partial charge in [-0.3, -0.25) is 9.59 Å². The van der Waals surface area contributed by atoms with Crippen LogP contribution in [-0.4, -0.2) is 43.5 Å². The van der Waals surface area contributed by atoms with Crippen molar-refractivity contribution < 1.29 is 19.1 Å². The lowest BCUT2D eigenvalue weighted by molar-refractivity contribution is -0.129. The Morgan fingerprint density at radius 1 is 1.00 bits per heavy atom. The van der Waals surface area contributed by atoms with E-state index in [9.17, 15) is 9.59 Å². The first-order valence-electron chi connectivity index (χ1n) is 8.55. The van der Waals surface area contributed by atoms with Crippen molar-refractivity contribution in [3.63, 3.8) is 0 Å². The Labute approximate surface area is 164 Å². The van der Waals surface area contributed by atoms with Gasteiger partial charge < -0.3 is 19.7 Å². The van der Waals surface area contributed by atoms with Crippen LogP contribution in [0.3, 0.4) is 0 Å². The van der Waals surface area contributed by atoms with Crippen LogP contribution >= 0.6 is 11.6 Å². The van der Waals surface area contributed by atoms with Gasteiger partial charge in [-0.1, -0.05) is 11.6 Å². The topological polar surface area (TPSA) is 67.9 Å². The van der Waals surface area contributed by atoms with Crippen LogP contribution in [0.4, 0.5) is 5.69 Å². The van der Waals surface area contributed by atoms with Crippen LogP contribution in [0.15, 0.2) is 48.5 Å². The number of hydrogen-bond donors (Lipinski definition) is 1. The van der Waals surface area contributed by atoms with Gasteiger partial charge in [-0.05, 0) is 48.5 Å². The molecule has 0 aromatic heterocycles. The Morgan fingerprint density at radius 3 is 2.22 bits per heavy atom. The summed E-state index contributed by atoms with van der Waals surface area (Å²) in [6, 6.07) is 14.1. The highest BCUT2D eigenvalue weighted by Gasteiger charge is 2.11. The summed E-state index contributed by atoms with van der Waals surface area (Å²) in [5, 5.41) is 3.38. The molecule has 7 heteroatoms. The SMILES string of the molecule is COc1ccc(OCCN(CCC(=O)Nc2ccc(Cl)cc2)C(C)=O)cc1. The van der Waals surface area contributed by atoms with Gasteiger partial charge in [0.05, 0.1) is 13.7 Å². The monoisotopic (exact) mass is 390 g/mol. The summed E-state index contributed by atoms with van der Waals surface area (Å²) < 4.78 is 10.7. The van der Waals surface area contributed by atoms with Gasteiger partial charge in [-0.25, -0.2) is 0 Å². The molecule has 2 amide bonds. The summed E-state index contributed by atoms with van der Waals surface area (Å²) in [5.74, 6) is 1.17. The van der Waals surface area contributed by atoms with Crippen molar-refractivity contribution in [2.45, 2.75) is 13.3 Å². The average Bonchev–Trinajstić information content (AvgIpc) is 2.66. The Morgan fingerprint density at radius 2 is 1.63 bits per heavy atom. The minimum absolute atomic E-state index is 0.104. The molecule has 6 nitrogen and oxygen atoms in total. The molecular formula is C20H23ClN2O4. The Bertz CT molecular complexity index is 748. The van der Waals surface area contributed by atoms with Crippen molar-refractivity contribution in [2.75, 3.05) is 32.1 Å². The second kappa shape index (κ2) is 10.4. The van der Waals surface area contributed by atoms with Crippen LogP contribution in [0.1, 0.15) is 13.3 Å². The van der Waals surface area contributed by atoms with Gasteiger partial charge >= 0.3 is 0 Å². The molecule has 0 aliphatic carbocycles. The Hall–Kier alpha value is -2.73. The second-order valence-electron chi connectivity index (χ2n) is 5.84. The molecule has 0 radical (unpaired) electrons. The van der Waals surface area contributed by atoms with Gasteiger partial charge in [-0.15, -0.1) is 0 Å². The van der Waals surface area contributed by atoms with E-state index in [2.05, 4.69) is 5.32 Å². The standard InChI is InChI=1S/C20H23ClN2O4/c1-15(24)23(13-14-27-19-9-7-18(26-2)8-10-19)12-11-20(25)22-17-5-3-16(21)4-6-17/h3-10H,11-14H2,1-2H3,(H,22,25). The number of amides is 2. The number of carbonyl (C=O) groups excluding carboxylic acids is 2. The van der Waals surface area contributed by atoms with Gasteiger partial charge in [0.15, 0.2) is 0 Å². The molecule has 0 aliphatic rings. The van der Waals surface area contributed by atoms with Crippen LogP contribution in [-0.2, 0) is 9.59 Å². The highest BCUT2D eigenvalue weighted by molar-refractivity contribution is 6.30. The molecule has 2 rings (SSSR count). The number of nitrogens with zero attached hydrogens (tertiary/aromatic N) is 1. The molecule has 144 valence electrons. The number of methoxy groups -OCH3 is 1. The first-order chi connectivity index (χ1) is 13.0. The maximum absolute atomic E-state index is 12.1. The van der Waals surface area contributed by atoms with Gasteiger partial charge in [-0.2, -0.15) is 0 Å². The molecule has 1 N–H and O–H groups in total. The molecule has 0 saturated heterocycles. The normalized spacial score (nSPS) is 10.2. The summed E-state index contributed by atoms with van der Waals surface area (Å²) in [7, 11) is 1.60. The number of halogens is 1. The first-order valence-corrected chi connectivity index (χ1v) is 8.93. The number of benzene rings is 2. The number of ether oxygens (including phenoxy) is 2. The minimum Gasteiger partial charge on any atom is -0.497 e. The second-order valence-corrected chi connectivity index (χ2v) is 6.27. The molecule has 2 aromatic carbocycles. The maximum Gasteiger partial charge on any atom is 0.226 e. The van der Waals surface area contributed by atoms with Crippen molar-refractivity contribution in [3.05, 3.63) is 53.6 Å². The fourth-order valence-electron chi connectivity index (χ4n) is 2.37. The first kappa shape index (κ1) is 20.6. The third kappa shape index (κ3) is 7.19. The summed E-state index contributed by atoms with van der Waals surface area (Å²) >= 11 is 5.82. The van der Waals surface area contributed by atoms with E-state index >= 15 is 0 Å². The van der Waals surface area contributed by atoms with Gasteiger partial charge in [0, 0.05) is 30.6 Å². The van der Waals surface area contributed by atoms with Gasteiger partial charge in [0.2, 0.25) is 11.8 Å². The molecule has 2 aromatic rings. The highest BCUT2D eigenvalue weighted by atomic mass is 35.5. The number of anilines is 1. The van der Waals surface area contributed by atoms with Crippen molar-refractivity contribution in [1.82, 2.24) is 4.90 Å². The number of carbonyl (C=O) groups is 2. The van der Waals surface area contributed by atoms with E-state index in [0.717, 1.165) is 5.75 Å². The van der Waals surface area contributed by atoms with E-state index in [4.69, 9.17) is 21.1 Å². The maximum atomic E-state index is 12.1. The molecule has 0 bridgehead atoms. The zero-order valence-corrected chi connectivity index (χ0v) is 16.2. The number of hydrogen-bond acceptors (Lipinski definition) is 4. The summed E-state index contributed by atoms with van der Waals surface area (Å²) in [6.07, 6.45) is 0.199. The van der Waals surface area contributed by atoms with Crippen LogP contribution in [0, 0.1) is 0 Å². The Balaban J connectivity index is 1.76. The third-order valence-corrected chi connectivity index (χ3v) is 4.12. The van der Waals surface area contributed by atoms with Gasteiger partial charge in [0.25, 0.3) is 0 Å². The van der Waals surface area contributed by atoms with Crippen molar-refractivity contribution in [3.8, 4) is 11.5 Å². The van der Waals surface area contributed by atoms with Crippen molar-refractivity contribution in [1.29, 1.82) is 0 Å². The molecule has 0 atom stereocenters. The molecule has 0 fully saturated rings. The summed E-state index contributed by atoms with van der Waals surface area (Å²) in [4.78, 5) is 25.4. The fourth-order valence-corrected chi connectivity index (χ4v) is 2.49. The van der Waals surface area contributed by atoms with Crippen LogP contribution in [0.5, 0.6) is 11.5 Å². The minimum atomic E-state index is -0.167. The van der Waals surface area contributed by atoms with Crippen LogP contribution in [0.2, 0.25) is 5.02 Å². The van der Waals surface area contributed by atoms with Crippen molar-refractivity contribution in [2.24, 2.45) is 0 Å². The van der Waals surface area contributed by atoms with Crippen LogP contribution in [0.25, 0.3) is 0 Å². The van der Waals surface area contributed by atoms with E-state index in [0.29, 0.717) is 36.2 Å². The zero-order valence-electron chi connectivity index (χ0n) is 15.4. The number of rotatable bonds is 9. The lowest BCUT2D eigenvalue weighted by atomic mass is 10.3. The van der Waals surface area contributed by atoms with E-state index < -0.39 is 0 Å². The largest absolute Gasteiger partial charge is 0.497 e. The average molecular weight is 391 g/mol. The summed E-state index contributed by atoms with van der Waals surface area (Å²) in [6.45, 7) is 2.53. The van der Waals surface area contributed by atoms with E-state index in [-0.39, 0.29) is 18.2 Å². The van der Waals surface area contributed by atoms with Crippen LogP contribution < -0.4 is 14.8 Å². The van der Waals surface area contributed by atoms with E-state index in [1.807, 2.05) is 0 Å². The Kier molecular flexibility index (Phi) is 7.95. The molecular weight excluding hydrogens is 368 g/mol. The predicted octanol–water partition coefficient (Wildman–Crippen LogP) is 3.60. The van der Waals surface area contributed by atoms with E-state index in [1.54, 1.807) is 60.5 Å². The van der Waals surface area contributed by atoms with E-state index in [1.165, 1.54) is 6.92 Å². The predicted molar refractivity (Wildman–Crippen MR) is 105 cm³/mol. The zero-order chi connectivity index (χ0) is 19.6. The molecule has 0 heterocycles. The fraction of sp³-hybridized carbons (Fsp3) is 0.300. The van der Waals surface area contributed by atoms with Gasteiger partial charge in [0.1, 0.15) is 18.1 Å². The quantitative estimate of drug-likeness (QED) is 0.710. The third-order valence-electron chi connectivity index (χ3n) is 3.87. The van der Waals surface area contributed by atoms with Crippen molar-refractivity contribution >= 4 is 29.1 Å². The highest BCUT2D eigenvalue weighted by Crippen LogP contribution is 2.17.